The van der Waals surface area contributed by atoms with Crippen LogP contribution in [0.2, 0.25) is 0 Å². The summed E-state index contributed by atoms with van der Waals surface area (Å²) in [5.41, 5.74) is 10.8. The number of amides is 1. The van der Waals surface area contributed by atoms with Crippen LogP contribution in [0.3, 0.4) is 0 Å². The van der Waals surface area contributed by atoms with Crippen molar-refractivity contribution in [2.45, 2.75) is 13.0 Å². The van der Waals surface area contributed by atoms with Gasteiger partial charge in [0.15, 0.2) is 0 Å². The van der Waals surface area contributed by atoms with Crippen molar-refractivity contribution < 1.29 is 9.53 Å². The van der Waals surface area contributed by atoms with Crippen molar-refractivity contribution in [3.8, 4) is 0 Å². The fourth-order valence-electron chi connectivity index (χ4n) is 1.86. The van der Waals surface area contributed by atoms with Crippen LogP contribution in [0.25, 0.3) is 10.4 Å². The fraction of sp³-hybridized carbons (Fsp3) is 0.188. The van der Waals surface area contributed by atoms with Gasteiger partial charge in [0.25, 0.3) is 0 Å². The first-order valence-corrected chi connectivity index (χ1v) is 6.86. The Kier molecular flexibility index (Phi) is 5.84. The minimum Gasteiger partial charge on any atom is -0.445 e. The Labute approximate surface area is 128 Å². The van der Waals surface area contributed by atoms with Crippen LogP contribution in [0.15, 0.2) is 59.7 Å². The van der Waals surface area contributed by atoms with Crippen molar-refractivity contribution in [1.82, 2.24) is 5.32 Å². The van der Waals surface area contributed by atoms with Crippen molar-refractivity contribution >= 4 is 11.8 Å². The summed E-state index contributed by atoms with van der Waals surface area (Å²) in [5, 5.41) is 6.18. The molecule has 0 aliphatic heterocycles. The molecular weight excluding hydrogens is 280 g/mol. The second-order valence-electron chi connectivity index (χ2n) is 4.59. The fourth-order valence-corrected chi connectivity index (χ4v) is 1.86. The molecule has 0 bridgehead atoms. The summed E-state index contributed by atoms with van der Waals surface area (Å²) in [7, 11) is 0. The van der Waals surface area contributed by atoms with Gasteiger partial charge in [-0.3, -0.25) is 0 Å². The SMILES string of the molecule is [N-]=[N+]=Nc1ccc(COC(=O)NCCc2ccccc2)cc1. The Hall–Kier alpha value is -2.98. The molecule has 112 valence electrons. The van der Waals surface area contributed by atoms with Crippen molar-refractivity contribution in [3.63, 3.8) is 0 Å². The van der Waals surface area contributed by atoms with E-state index in [4.69, 9.17) is 10.3 Å². The maximum Gasteiger partial charge on any atom is 0.407 e. The summed E-state index contributed by atoms with van der Waals surface area (Å²) in [4.78, 5) is 14.3. The van der Waals surface area contributed by atoms with E-state index < -0.39 is 6.09 Å². The number of hydrogen-bond donors (Lipinski definition) is 1. The summed E-state index contributed by atoms with van der Waals surface area (Å²) < 4.78 is 5.11. The molecule has 0 heterocycles. The van der Waals surface area contributed by atoms with E-state index in [0.29, 0.717) is 12.2 Å². The van der Waals surface area contributed by atoms with Crippen LogP contribution in [-0.2, 0) is 17.8 Å². The standard InChI is InChI=1S/C16H16N4O2/c17-20-19-15-8-6-14(7-9-15)12-22-16(21)18-11-10-13-4-2-1-3-5-13/h1-9H,10-12H2,(H,18,21). The number of carbonyl (C=O) groups is 1. The molecule has 6 nitrogen and oxygen atoms in total. The van der Waals surface area contributed by atoms with E-state index in [1.807, 2.05) is 30.3 Å². The van der Waals surface area contributed by atoms with Crippen LogP contribution in [0.5, 0.6) is 0 Å². The molecule has 0 fully saturated rings. The predicted molar refractivity (Wildman–Crippen MR) is 83.6 cm³/mol. The van der Waals surface area contributed by atoms with Crippen molar-refractivity contribution in [1.29, 1.82) is 0 Å². The molecule has 1 amide bonds. The Morgan fingerprint density at radius 1 is 1.09 bits per heavy atom. The molecule has 0 aliphatic carbocycles. The highest BCUT2D eigenvalue weighted by molar-refractivity contribution is 5.67. The van der Waals surface area contributed by atoms with Gasteiger partial charge in [0, 0.05) is 17.1 Å². The number of benzene rings is 2. The van der Waals surface area contributed by atoms with Crippen molar-refractivity contribution in [2.75, 3.05) is 6.54 Å². The topological polar surface area (TPSA) is 87.1 Å². The van der Waals surface area contributed by atoms with Gasteiger partial charge in [0.1, 0.15) is 6.61 Å². The highest BCUT2D eigenvalue weighted by atomic mass is 16.5. The Bertz CT molecular complexity index is 650. The number of hydrogen-bond acceptors (Lipinski definition) is 3. The van der Waals surface area contributed by atoms with E-state index in [2.05, 4.69) is 15.3 Å². The molecule has 2 rings (SSSR count). The first kappa shape index (κ1) is 15.4. The van der Waals surface area contributed by atoms with Gasteiger partial charge < -0.3 is 10.1 Å². The zero-order valence-electron chi connectivity index (χ0n) is 12.0. The lowest BCUT2D eigenvalue weighted by Crippen LogP contribution is -2.26. The van der Waals surface area contributed by atoms with Gasteiger partial charge in [-0.15, -0.1) is 0 Å². The van der Waals surface area contributed by atoms with Crippen LogP contribution >= 0.6 is 0 Å². The quantitative estimate of drug-likeness (QED) is 0.494. The van der Waals surface area contributed by atoms with Gasteiger partial charge in [-0.1, -0.05) is 59.7 Å². The van der Waals surface area contributed by atoms with Crippen molar-refractivity contribution in [2.24, 2.45) is 5.11 Å². The van der Waals surface area contributed by atoms with E-state index in [1.165, 1.54) is 0 Å². The van der Waals surface area contributed by atoms with Crippen LogP contribution < -0.4 is 5.32 Å². The smallest absolute Gasteiger partial charge is 0.407 e. The second kappa shape index (κ2) is 8.34. The Morgan fingerprint density at radius 2 is 1.82 bits per heavy atom. The average Bonchev–Trinajstić information content (AvgIpc) is 2.55. The van der Waals surface area contributed by atoms with Crippen molar-refractivity contribution in [3.05, 3.63) is 76.2 Å². The van der Waals surface area contributed by atoms with Crippen LogP contribution in [-0.4, -0.2) is 12.6 Å². The lowest BCUT2D eigenvalue weighted by atomic mass is 10.1. The van der Waals surface area contributed by atoms with Crippen LogP contribution in [0.4, 0.5) is 10.5 Å². The summed E-state index contributed by atoms with van der Waals surface area (Å²) in [6.45, 7) is 0.701. The molecule has 0 unspecified atom stereocenters. The monoisotopic (exact) mass is 296 g/mol. The third-order valence-corrected chi connectivity index (χ3v) is 2.99. The number of alkyl carbamates (subject to hydrolysis) is 1. The van der Waals surface area contributed by atoms with Gasteiger partial charge in [0.2, 0.25) is 0 Å². The van der Waals surface area contributed by atoms with Gasteiger partial charge in [-0.05, 0) is 23.1 Å². The summed E-state index contributed by atoms with van der Waals surface area (Å²) in [6.07, 6.45) is 0.312. The molecule has 0 saturated heterocycles. The molecule has 0 atom stereocenters. The molecule has 22 heavy (non-hydrogen) atoms. The van der Waals surface area contributed by atoms with E-state index >= 15 is 0 Å². The maximum atomic E-state index is 11.6. The maximum absolute atomic E-state index is 11.6. The van der Waals surface area contributed by atoms with Gasteiger partial charge in [0.05, 0.1) is 0 Å². The van der Waals surface area contributed by atoms with Crippen LogP contribution in [0, 0.1) is 0 Å². The average molecular weight is 296 g/mol. The molecule has 0 aromatic heterocycles. The molecule has 0 radical (unpaired) electrons. The number of nitrogens with zero attached hydrogens (tertiary/aromatic N) is 3. The van der Waals surface area contributed by atoms with Crippen LogP contribution in [0.1, 0.15) is 11.1 Å². The lowest BCUT2D eigenvalue weighted by molar-refractivity contribution is 0.140. The Morgan fingerprint density at radius 3 is 2.50 bits per heavy atom. The first-order chi connectivity index (χ1) is 10.8. The molecule has 0 aliphatic rings. The van der Waals surface area contributed by atoms with E-state index in [1.54, 1.807) is 24.3 Å². The molecule has 2 aromatic carbocycles. The normalized spacial score (nSPS) is 9.64. The van der Waals surface area contributed by atoms with Gasteiger partial charge in [-0.2, -0.15) is 0 Å². The molecule has 2 aromatic rings. The minimum absolute atomic E-state index is 0.174. The number of rotatable bonds is 6. The van der Waals surface area contributed by atoms with Gasteiger partial charge >= 0.3 is 6.09 Å². The summed E-state index contributed by atoms with van der Waals surface area (Å²) >= 11 is 0. The number of nitrogens with one attached hydrogen (secondary N) is 1. The summed E-state index contributed by atoms with van der Waals surface area (Å²) in [6, 6.07) is 16.8. The number of carbonyl (C=O) groups excluding carboxylic acids is 1. The lowest BCUT2D eigenvalue weighted by Gasteiger charge is -2.07. The highest BCUT2D eigenvalue weighted by Gasteiger charge is 2.02. The zero-order chi connectivity index (χ0) is 15.6. The molecule has 1 N–H and O–H groups in total. The molecule has 0 saturated carbocycles. The third kappa shape index (κ3) is 5.19. The van der Waals surface area contributed by atoms with E-state index in [-0.39, 0.29) is 6.61 Å². The predicted octanol–water partition coefficient (Wildman–Crippen LogP) is 4.10. The second-order valence-corrected chi connectivity index (χ2v) is 4.59. The minimum atomic E-state index is -0.449. The molecule has 0 spiro atoms. The number of azide groups is 1. The van der Waals surface area contributed by atoms with E-state index in [0.717, 1.165) is 17.5 Å². The number of ether oxygens (including phenoxy) is 1. The largest absolute Gasteiger partial charge is 0.445 e. The highest BCUT2D eigenvalue weighted by Crippen LogP contribution is 2.13. The summed E-state index contributed by atoms with van der Waals surface area (Å²) in [5.74, 6) is 0. The van der Waals surface area contributed by atoms with Gasteiger partial charge in [-0.25, -0.2) is 4.79 Å². The molecule has 6 heteroatoms. The first-order valence-electron chi connectivity index (χ1n) is 6.86. The molecular formula is C16H16N4O2. The third-order valence-electron chi connectivity index (χ3n) is 2.99. The van der Waals surface area contributed by atoms with E-state index in [9.17, 15) is 4.79 Å². The Balaban J connectivity index is 1.70. The zero-order valence-corrected chi connectivity index (χ0v) is 12.0.